The average Bonchev–Trinajstić information content (AvgIpc) is 3.25. The van der Waals surface area contributed by atoms with Gasteiger partial charge in [-0.3, -0.25) is 14.2 Å². The van der Waals surface area contributed by atoms with Crippen LogP contribution in [0.15, 0.2) is 66.3 Å². The molecule has 2 aromatic carbocycles. The fourth-order valence-corrected chi connectivity index (χ4v) is 4.14. The topological polar surface area (TPSA) is 95.3 Å². The van der Waals surface area contributed by atoms with Crippen molar-refractivity contribution in [2.24, 2.45) is 0 Å². The molecule has 1 atom stereocenters. The summed E-state index contributed by atoms with van der Waals surface area (Å²) in [5, 5.41) is 12.0. The van der Waals surface area contributed by atoms with Crippen LogP contribution in [0.1, 0.15) is 35.6 Å². The molecule has 1 N–H and O–H groups in total. The number of rotatable bonds is 9. The van der Waals surface area contributed by atoms with Crippen LogP contribution in [0, 0.1) is 0 Å². The number of nitrogens with one attached hydrogen (secondary N) is 1. The van der Waals surface area contributed by atoms with Crippen LogP contribution in [0.4, 0.5) is 5.69 Å². The summed E-state index contributed by atoms with van der Waals surface area (Å²) in [5.74, 6) is 2.05. The third-order valence-electron chi connectivity index (χ3n) is 5.00. The van der Waals surface area contributed by atoms with E-state index in [-0.39, 0.29) is 17.4 Å². The van der Waals surface area contributed by atoms with Gasteiger partial charge in [0.2, 0.25) is 5.91 Å². The SMILES string of the molecule is C=CCn1c(SCC(=O)c2ccc(NC(=O)CC)cc2)nnc1C1COc2ccccc2O1. The van der Waals surface area contributed by atoms with E-state index in [1.165, 1.54) is 11.8 Å². The number of carbonyl (C=O) groups is 2. The van der Waals surface area contributed by atoms with Crippen LogP contribution in [0.2, 0.25) is 0 Å². The number of hydrogen-bond acceptors (Lipinski definition) is 7. The Labute approximate surface area is 196 Å². The Hall–Kier alpha value is -3.59. The molecule has 1 amide bonds. The standard InChI is InChI=1S/C24H24N4O4S/c1-3-13-28-23(21-14-31-19-7-5-6-8-20(19)32-21)26-27-24(28)33-15-18(29)16-9-11-17(12-10-16)25-22(30)4-2/h3,5-12,21H,1,4,13-15H2,2H3,(H,25,30). The Morgan fingerprint density at radius 3 is 2.67 bits per heavy atom. The summed E-state index contributed by atoms with van der Waals surface area (Å²) in [5.41, 5.74) is 1.23. The summed E-state index contributed by atoms with van der Waals surface area (Å²) >= 11 is 1.30. The lowest BCUT2D eigenvalue weighted by atomic mass is 10.1. The molecule has 4 rings (SSSR count). The van der Waals surface area contributed by atoms with Crippen LogP contribution >= 0.6 is 11.8 Å². The molecule has 9 heteroatoms. The van der Waals surface area contributed by atoms with Gasteiger partial charge in [0.1, 0.15) is 6.61 Å². The quantitative estimate of drug-likeness (QED) is 0.287. The van der Waals surface area contributed by atoms with Crippen molar-refractivity contribution in [1.82, 2.24) is 14.8 Å². The molecule has 3 aromatic rings. The largest absolute Gasteiger partial charge is 0.485 e. The van der Waals surface area contributed by atoms with Crippen molar-refractivity contribution in [3.63, 3.8) is 0 Å². The number of allylic oxidation sites excluding steroid dienone is 1. The number of aromatic nitrogens is 3. The second kappa shape index (κ2) is 10.4. The van der Waals surface area contributed by atoms with E-state index in [1.807, 2.05) is 28.8 Å². The van der Waals surface area contributed by atoms with E-state index < -0.39 is 6.10 Å². The molecule has 33 heavy (non-hydrogen) atoms. The predicted octanol–water partition coefficient (Wildman–Crippen LogP) is 4.30. The number of amides is 1. The monoisotopic (exact) mass is 464 g/mol. The Balaban J connectivity index is 1.43. The van der Waals surface area contributed by atoms with Crippen molar-refractivity contribution in [1.29, 1.82) is 0 Å². The summed E-state index contributed by atoms with van der Waals surface area (Å²) < 4.78 is 13.8. The number of fused-ring (bicyclic) bond motifs is 1. The van der Waals surface area contributed by atoms with Crippen molar-refractivity contribution < 1.29 is 19.1 Å². The first-order valence-corrected chi connectivity index (χ1v) is 11.6. The van der Waals surface area contributed by atoms with Gasteiger partial charge in [0, 0.05) is 24.2 Å². The number of benzene rings is 2. The number of para-hydroxylation sites is 2. The maximum absolute atomic E-state index is 12.7. The number of carbonyl (C=O) groups excluding carboxylic acids is 2. The number of thioether (sulfide) groups is 1. The summed E-state index contributed by atoms with van der Waals surface area (Å²) in [7, 11) is 0. The third-order valence-corrected chi connectivity index (χ3v) is 5.96. The van der Waals surface area contributed by atoms with Gasteiger partial charge >= 0.3 is 0 Å². The number of ketones is 1. The highest BCUT2D eigenvalue weighted by Crippen LogP contribution is 2.36. The van der Waals surface area contributed by atoms with Gasteiger partial charge in [-0.05, 0) is 36.4 Å². The van der Waals surface area contributed by atoms with Gasteiger partial charge in [-0.2, -0.15) is 0 Å². The predicted molar refractivity (Wildman–Crippen MR) is 126 cm³/mol. The smallest absolute Gasteiger partial charge is 0.224 e. The van der Waals surface area contributed by atoms with Gasteiger partial charge in [0.25, 0.3) is 0 Å². The molecule has 0 saturated carbocycles. The second-order valence-electron chi connectivity index (χ2n) is 7.30. The molecule has 0 fully saturated rings. The summed E-state index contributed by atoms with van der Waals surface area (Å²) in [4.78, 5) is 24.2. The van der Waals surface area contributed by atoms with Crippen molar-refractivity contribution in [2.75, 3.05) is 17.7 Å². The molecule has 1 aliphatic rings. The van der Waals surface area contributed by atoms with E-state index in [0.29, 0.717) is 53.3 Å². The zero-order valence-corrected chi connectivity index (χ0v) is 19.0. The average molecular weight is 465 g/mol. The van der Waals surface area contributed by atoms with E-state index in [4.69, 9.17) is 9.47 Å². The summed E-state index contributed by atoms with van der Waals surface area (Å²) in [6.45, 7) is 6.40. The zero-order valence-electron chi connectivity index (χ0n) is 18.2. The molecule has 0 bridgehead atoms. The second-order valence-corrected chi connectivity index (χ2v) is 8.24. The molecule has 0 radical (unpaired) electrons. The van der Waals surface area contributed by atoms with Crippen LogP contribution in [-0.2, 0) is 11.3 Å². The third kappa shape index (κ3) is 5.25. The Kier molecular flexibility index (Phi) is 7.09. The maximum atomic E-state index is 12.7. The minimum absolute atomic E-state index is 0.0470. The maximum Gasteiger partial charge on any atom is 0.224 e. The van der Waals surface area contributed by atoms with Gasteiger partial charge in [-0.25, -0.2) is 0 Å². The summed E-state index contributed by atoms with van der Waals surface area (Å²) in [6, 6.07) is 14.3. The number of anilines is 1. The molecule has 0 saturated heterocycles. The molecule has 0 spiro atoms. The first-order chi connectivity index (χ1) is 16.1. The van der Waals surface area contributed by atoms with E-state index in [9.17, 15) is 9.59 Å². The van der Waals surface area contributed by atoms with Gasteiger partial charge in [-0.1, -0.05) is 36.9 Å². The fourth-order valence-electron chi connectivity index (χ4n) is 3.29. The lowest BCUT2D eigenvalue weighted by molar-refractivity contribution is -0.115. The first-order valence-electron chi connectivity index (χ1n) is 10.6. The summed E-state index contributed by atoms with van der Waals surface area (Å²) in [6.07, 6.45) is 1.73. The molecule has 170 valence electrons. The highest BCUT2D eigenvalue weighted by Gasteiger charge is 2.28. The van der Waals surface area contributed by atoms with Crippen molar-refractivity contribution in [3.05, 3.63) is 72.6 Å². The lowest BCUT2D eigenvalue weighted by Gasteiger charge is -2.26. The van der Waals surface area contributed by atoms with E-state index in [2.05, 4.69) is 22.1 Å². The molecule has 0 aliphatic carbocycles. The molecular formula is C24H24N4O4S. The van der Waals surface area contributed by atoms with E-state index in [0.717, 1.165) is 0 Å². The minimum Gasteiger partial charge on any atom is -0.485 e. The first kappa shape index (κ1) is 22.6. The Morgan fingerprint density at radius 2 is 1.94 bits per heavy atom. The highest BCUT2D eigenvalue weighted by molar-refractivity contribution is 7.99. The van der Waals surface area contributed by atoms with Crippen LogP contribution in [-0.4, -0.2) is 38.8 Å². The van der Waals surface area contributed by atoms with Gasteiger partial charge < -0.3 is 14.8 Å². The van der Waals surface area contributed by atoms with Crippen molar-refractivity contribution in [3.8, 4) is 11.5 Å². The van der Waals surface area contributed by atoms with E-state index in [1.54, 1.807) is 37.3 Å². The highest BCUT2D eigenvalue weighted by atomic mass is 32.2. The zero-order chi connectivity index (χ0) is 23.2. The Bertz CT molecular complexity index is 1160. The fraction of sp³-hybridized carbons (Fsp3) is 0.250. The number of nitrogens with zero attached hydrogens (tertiary/aromatic N) is 3. The number of hydrogen-bond donors (Lipinski definition) is 1. The van der Waals surface area contributed by atoms with E-state index >= 15 is 0 Å². The van der Waals surface area contributed by atoms with Crippen LogP contribution in [0.5, 0.6) is 11.5 Å². The normalized spacial score (nSPS) is 14.5. The minimum atomic E-state index is -0.414. The van der Waals surface area contributed by atoms with Crippen LogP contribution in [0.3, 0.4) is 0 Å². The van der Waals surface area contributed by atoms with Crippen LogP contribution < -0.4 is 14.8 Å². The van der Waals surface area contributed by atoms with Gasteiger partial charge in [-0.15, -0.1) is 16.8 Å². The van der Waals surface area contributed by atoms with Gasteiger partial charge in [0.15, 0.2) is 34.4 Å². The molecule has 1 aromatic heterocycles. The number of Topliss-reactive ketones (excluding diaryl/α,β-unsaturated/α-hetero) is 1. The van der Waals surface area contributed by atoms with Crippen LogP contribution in [0.25, 0.3) is 0 Å². The lowest BCUT2D eigenvalue weighted by Crippen LogP contribution is -2.25. The Morgan fingerprint density at radius 1 is 1.18 bits per heavy atom. The molecule has 1 aliphatic heterocycles. The molecule has 1 unspecified atom stereocenters. The molecule has 8 nitrogen and oxygen atoms in total. The van der Waals surface area contributed by atoms with Crippen molar-refractivity contribution >= 4 is 29.1 Å². The molecule has 2 heterocycles. The van der Waals surface area contributed by atoms with Crippen molar-refractivity contribution in [2.45, 2.75) is 31.1 Å². The molecular weight excluding hydrogens is 440 g/mol. The van der Waals surface area contributed by atoms with Gasteiger partial charge in [0.05, 0.1) is 5.75 Å². The number of ether oxygens (including phenoxy) is 2.